The fourth-order valence-corrected chi connectivity index (χ4v) is 2.19. The molecule has 2 N–H and O–H groups in total. The lowest BCUT2D eigenvalue weighted by atomic mass is 10.1. The Bertz CT molecular complexity index is 655. The standard InChI is InChI=1S/C16H20FN3O2/c1-11-12(9-19-20(11)2)7-8-16(22)18-10-15(21)13-5-3-4-6-14(13)17/h3-6,9,15,21H,7-8,10H2,1-2H3,(H,18,22). The number of rotatable bonds is 6. The Labute approximate surface area is 128 Å². The summed E-state index contributed by atoms with van der Waals surface area (Å²) >= 11 is 0. The first-order valence-electron chi connectivity index (χ1n) is 7.15. The Kier molecular flexibility index (Phi) is 5.27. The lowest BCUT2D eigenvalue weighted by molar-refractivity contribution is -0.121. The van der Waals surface area contributed by atoms with E-state index in [0.717, 1.165) is 11.3 Å². The number of hydrogen-bond acceptors (Lipinski definition) is 3. The molecule has 0 fully saturated rings. The molecule has 0 aliphatic heterocycles. The first kappa shape index (κ1) is 16.2. The van der Waals surface area contributed by atoms with Crippen LogP contribution in [0.3, 0.4) is 0 Å². The highest BCUT2D eigenvalue weighted by atomic mass is 19.1. The van der Waals surface area contributed by atoms with Crippen molar-refractivity contribution in [3.8, 4) is 0 Å². The van der Waals surface area contributed by atoms with E-state index in [-0.39, 0.29) is 18.0 Å². The van der Waals surface area contributed by atoms with Crippen LogP contribution in [-0.4, -0.2) is 27.3 Å². The van der Waals surface area contributed by atoms with Gasteiger partial charge >= 0.3 is 0 Å². The van der Waals surface area contributed by atoms with E-state index >= 15 is 0 Å². The Morgan fingerprint density at radius 2 is 2.18 bits per heavy atom. The molecule has 5 nitrogen and oxygen atoms in total. The van der Waals surface area contributed by atoms with E-state index < -0.39 is 11.9 Å². The number of aromatic nitrogens is 2. The summed E-state index contributed by atoms with van der Waals surface area (Å²) in [5.41, 5.74) is 2.23. The van der Waals surface area contributed by atoms with E-state index in [4.69, 9.17) is 0 Å². The molecular weight excluding hydrogens is 285 g/mol. The van der Waals surface area contributed by atoms with E-state index in [2.05, 4.69) is 10.4 Å². The third kappa shape index (κ3) is 3.92. The molecular formula is C16H20FN3O2. The number of halogens is 1. The number of benzene rings is 1. The second-order valence-corrected chi connectivity index (χ2v) is 5.22. The van der Waals surface area contributed by atoms with Gasteiger partial charge in [0, 0.05) is 31.3 Å². The van der Waals surface area contributed by atoms with Gasteiger partial charge in [-0.05, 0) is 25.0 Å². The number of hydrogen-bond donors (Lipinski definition) is 2. The number of carbonyl (C=O) groups excluding carboxylic acids is 1. The first-order chi connectivity index (χ1) is 10.5. The lowest BCUT2D eigenvalue weighted by Crippen LogP contribution is -2.28. The van der Waals surface area contributed by atoms with Crippen molar-refractivity contribution >= 4 is 5.91 Å². The highest BCUT2D eigenvalue weighted by Crippen LogP contribution is 2.15. The third-order valence-electron chi connectivity index (χ3n) is 3.72. The number of amides is 1. The van der Waals surface area contributed by atoms with Crippen molar-refractivity contribution < 1.29 is 14.3 Å². The van der Waals surface area contributed by atoms with Gasteiger partial charge in [-0.3, -0.25) is 9.48 Å². The maximum Gasteiger partial charge on any atom is 0.220 e. The molecule has 0 saturated heterocycles. The molecule has 0 saturated carbocycles. The van der Waals surface area contributed by atoms with Crippen LogP contribution in [0.25, 0.3) is 0 Å². The quantitative estimate of drug-likeness (QED) is 0.853. The van der Waals surface area contributed by atoms with Crippen LogP contribution in [0, 0.1) is 12.7 Å². The largest absolute Gasteiger partial charge is 0.386 e. The number of aryl methyl sites for hydroxylation is 2. The highest BCUT2D eigenvalue weighted by Gasteiger charge is 2.13. The van der Waals surface area contributed by atoms with Crippen molar-refractivity contribution in [2.45, 2.75) is 25.9 Å². The fraction of sp³-hybridized carbons (Fsp3) is 0.375. The summed E-state index contributed by atoms with van der Waals surface area (Å²) in [7, 11) is 1.85. The number of aliphatic hydroxyl groups excluding tert-OH is 1. The third-order valence-corrected chi connectivity index (χ3v) is 3.72. The average molecular weight is 305 g/mol. The molecule has 1 unspecified atom stereocenters. The first-order valence-corrected chi connectivity index (χ1v) is 7.15. The number of nitrogens with zero attached hydrogens (tertiary/aromatic N) is 2. The minimum absolute atomic E-state index is 0.00815. The van der Waals surface area contributed by atoms with Gasteiger partial charge in [0.15, 0.2) is 0 Å². The molecule has 0 spiro atoms. The van der Waals surface area contributed by atoms with E-state index in [1.165, 1.54) is 12.1 Å². The second kappa shape index (κ2) is 7.17. The van der Waals surface area contributed by atoms with E-state index in [9.17, 15) is 14.3 Å². The van der Waals surface area contributed by atoms with Crippen molar-refractivity contribution in [3.63, 3.8) is 0 Å². The molecule has 2 aromatic rings. The van der Waals surface area contributed by atoms with Crippen LogP contribution in [0.15, 0.2) is 30.5 Å². The summed E-state index contributed by atoms with van der Waals surface area (Å²) in [4.78, 5) is 11.8. The Morgan fingerprint density at radius 3 is 2.82 bits per heavy atom. The van der Waals surface area contributed by atoms with Crippen LogP contribution < -0.4 is 5.32 Å². The summed E-state index contributed by atoms with van der Waals surface area (Å²) in [5.74, 6) is -0.658. The van der Waals surface area contributed by atoms with Gasteiger partial charge in [0.2, 0.25) is 5.91 Å². The Balaban J connectivity index is 1.80. The van der Waals surface area contributed by atoms with Crippen molar-refractivity contribution in [2.24, 2.45) is 7.05 Å². The van der Waals surface area contributed by atoms with Gasteiger partial charge in [-0.1, -0.05) is 18.2 Å². The molecule has 1 atom stereocenters. The molecule has 1 amide bonds. The predicted molar refractivity (Wildman–Crippen MR) is 80.6 cm³/mol. The Morgan fingerprint density at radius 1 is 1.45 bits per heavy atom. The van der Waals surface area contributed by atoms with Crippen molar-refractivity contribution in [2.75, 3.05) is 6.54 Å². The van der Waals surface area contributed by atoms with Crippen LogP contribution in [0.2, 0.25) is 0 Å². The smallest absolute Gasteiger partial charge is 0.220 e. The van der Waals surface area contributed by atoms with Gasteiger partial charge in [-0.25, -0.2) is 4.39 Å². The summed E-state index contributed by atoms with van der Waals surface area (Å²) in [6, 6.07) is 5.99. The van der Waals surface area contributed by atoms with Gasteiger partial charge in [0.1, 0.15) is 5.82 Å². The number of carbonyl (C=O) groups is 1. The number of aliphatic hydroxyl groups is 1. The van der Waals surface area contributed by atoms with Crippen LogP contribution >= 0.6 is 0 Å². The van der Waals surface area contributed by atoms with Crippen LogP contribution in [0.4, 0.5) is 4.39 Å². The molecule has 0 radical (unpaired) electrons. The fourth-order valence-electron chi connectivity index (χ4n) is 2.19. The van der Waals surface area contributed by atoms with Crippen LogP contribution in [0.5, 0.6) is 0 Å². The molecule has 0 aliphatic rings. The molecule has 0 aliphatic carbocycles. The molecule has 22 heavy (non-hydrogen) atoms. The topological polar surface area (TPSA) is 67.2 Å². The summed E-state index contributed by atoms with van der Waals surface area (Å²) < 4.78 is 15.3. The summed E-state index contributed by atoms with van der Waals surface area (Å²) in [6.45, 7) is 1.94. The monoisotopic (exact) mass is 305 g/mol. The zero-order valence-electron chi connectivity index (χ0n) is 12.7. The summed E-state index contributed by atoms with van der Waals surface area (Å²) in [5, 5.41) is 16.7. The van der Waals surface area contributed by atoms with Crippen LogP contribution in [-0.2, 0) is 18.3 Å². The maximum atomic E-state index is 13.5. The van der Waals surface area contributed by atoms with Crippen molar-refractivity contribution in [1.29, 1.82) is 0 Å². The highest BCUT2D eigenvalue weighted by molar-refractivity contribution is 5.76. The molecule has 118 valence electrons. The normalized spacial score (nSPS) is 12.2. The molecule has 2 rings (SSSR count). The second-order valence-electron chi connectivity index (χ2n) is 5.22. The lowest BCUT2D eigenvalue weighted by Gasteiger charge is -2.13. The maximum absolute atomic E-state index is 13.5. The van der Waals surface area contributed by atoms with Gasteiger partial charge < -0.3 is 10.4 Å². The Hall–Kier alpha value is -2.21. The van der Waals surface area contributed by atoms with Gasteiger partial charge in [0.25, 0.3) is 0 Å². The minimum atomic E-state index is -1.05. The SMILES string of the molecule is Cc1c(CCC(=O)NCC(O)c2ccccc2F)cnn1C. The minimum Gasteiger partial charge on any atom is -0.386 e. The van der Waals surface area contributed by atoms with E-state index in [1.807, 2.05) is 14.0 Å². The van der Waals surface area contributed by atoms with Crippen molar-refractivity contribution in [1.82, 2.24) is 15.1 Å². The van der Waals surface area contributed by atoms with Gasteiger partial charge in [-0.2, -0.15) is 5.10 Å². The molecule has 1 heterocycles. The molecule has 1 aromatic carbocycles. The summed E-state index contributed by atoms with van der Waals surface area (Å²) in [6.07, 6.45) is 1.58. The van der Waals surface area contributed by atoms with Crippen LogP contribution in [0.1, 0.15) is 29.3 Å². The predicted octanol–water partition coefficient (Wildman–Crippen LogP) is 1.65. The van der Waals surface area contributed by atoms with Crippen molar-refractivity contribution in [3.05, 3.63) is 53.1 Å². The van der Waals surface area contributed by atoms with E-state index in [0.29, 0.717) is 12.8 Å². The molecule has 1 aromatic heterocycles. The zero-order chi connectivity index (χ0) is 16.1. The van der Waals surface area contributed by atoms with Gasteiger partial charge in [0.05, 0.1) is 12.3 Å². The molecule has 0 bridgehead atoms. The average Bonchev–Trinajstić information content (AvgIpc) is 2.82. The molecule has 6 heteroatoms. The zero-order valence-corrected chi connectivity index (χ0v) is 12.7. The van der Waals surface area contributed by atoms with Gasteiger partial charge in [-0.15, -0.1) is 0 Å². The van der Waals surface area contributed by atoms with E-state index in [1.54, 1.807) is 23.0 Å². The number of nitrogens with one attached hydrogen (secondary N) is 1.